The smallest absolute Gasteiger partial charge is 0.259 e. The van der Waals surface area contributed by atoms with Gasteiger partial charge in [0.05, 0.1) is 12.7 Å². The minimum atomic E-state index is -0.148. The summed E-state index contributed by atoms with van der Waals surface area (Å²) in [4.78, 5) is 15.2. The second kappa shape index (κ2) is 7.80. The monoisotopic (exact) mass is 416 g/mol. The Morgan fingerprint density at radius 2 is 2.08 bits per heavy atom. The largest absolute Gasteiger partial charge is 0.496 e. The quantitative estimate of drug-likeness (QED) is 0.776. The number of hydrogen-bond acceptors (Lipinski definition) is 3. The van der Waals surface area contributed by atoms with Crippen molar-refractivity contribution in [1.29, 1.82) is 0 Å². The Labute approximate surface area is 163 Å². The number of halogens is 1. The second-order valence-electron chi connectivity index (χ2n) is 7.11. The van der Waals surface area contributed by atoms with Gasteiger partial charge in [0.2, 0.25) is 0 Å². The Balaban J connectivity index is 1.92. The first-order valence-corrected chi connectivity index (χ1v) is 9.68. The van der Waals surface area contributed by atoms with Gasteiger partial charge in [0, 0.05) is 23.2 Å². The van der Waals surface area contributed by atoms with Crippen LogP contribution in [0.5, 0.6) is 5.75 Å². The van der Waals surface area contributed by atoms with Gasteiger partial charge in [-0.1, -0.05) is 41.9 Å². The van der Waals surface area contributed by atoms with Gasteiger partial charge in [-0.3, -0.25) is 4.79 Å². The lowest BCUT2D eigenvalue weighted by atomic mass is 9.97. The molecule has 0 radical (unpaired) electrons. The number of nitrogens with one attached hydrogen (secondary N) is 1. The highest BCUT2D eigenvalue weighted by Gasteiger charge is 2.20. The minimum absolute atomic E-state index is 0.148. The third-order valence-corrected chi connectivity index (χ3v) is 5.58. The molecule has 0 aromatic heterocycles. The fraction of sp³-hybridized carbons (Fsp3) is 0.381. The highest BCUT2D eigenvalue weighted by molar-refractivity contribution is 9.10. The molecule has 26 heavy (non-hydrogen) atoms. The number of carbonyl (C=O) groups excluding carboxylic acids is 1. The van der Waals surface area contributed by atoms with Gasteiger partial charge in [-0.2, -0.15) is 0 Å². The molecule has 5 heteroatoms. The van der Waals surface area contributed by atoms with Crippen molar-refractivity contribution in [2.45, 2.75) is 32.7 Å². The number of amides is 1. The summed E-state index contributed by atoms with van der Waals surface area (Å²) in [6.07, 6.45) is 0.940. The van der Waals surface area contributed by atoms with E-state index < -0.39 is 0 Å². The van der Waals surface area contributed by atoms with Gasteiger partial charge in [0.25, 0.3) is 5.91 Å². The third kappa shape index (κ3) is 3.79. The maximum absolute atomic E-state index is 13.0. The van der Waals surface area contributed by atoms with E-state index in [1.54, 1.807) is 7.11 Å². The summed E-state index contributed by atoms with van der Waals surface area (Å²) in [5.74, 6) is 0.789. The first-order chi connectivity index (χ1) is 12.4. The zero-order valence-electron chi connectivity index (χ0n) is 15.7. The van der Waals surface area contributed by atoms with Gasteiger partial charge in [0.15, 0.2) is 0 Å². The van der Waals surface area contributed by atoms with Crippen molar-refractivity contribution in [2.75, 3.05) is 26.0 Å². The number of methoxy groups -OCH3 is 1. The molecule has 1 amide bonds. The Morgan fingerprint density at radius 3 is 2.77 bits per heavy atom. The van der Waals surface area contributed by atoms with Crippen LogP contribution in [0.15, 0.2) is 34.8 Å². The zero-order chi connectivity index (χ0) is 18.8. The Kier molecular flexibility index (Phi) is 5.68. The molecule has 1 aliphatic rings. The summed E-state index contributed by atoms with van der Waals surface area (Å²) >= 11 is 3.59. The van der Waals surface area contributed by atoms with E-state index in [0.29, 0.717) is 17.2 Å². The van der Waals surface area contributed by atoms with Crippen LogP contribution < -0.4 is 10.1 Å². The Morgan fingerprint density at radius 1 is 1.31 bits per heavy atom. The van der Waals surface area contributed by atoms with Crippen molar-refractivity contribution in [3.05, 3.63) is 57.1 Å². The van der Waals surface area contributed by atoms with Gasteiger partial charge in [-0.15, -0.1) is 0 Å². The van der Waals surface area contributed by atoms with Crippen molar-refractivity contribution < 1.29 is 9.53 Å². The molecule has 1 heterocycles. The summed E-state index contributed by atoms with van der Waals surface area (Å²) in [5, 5.41) is 3.09. The molecule has 0 bridgehead atoms. The maximum atomic E-state index is 13.0. The molecule has 0 saturated carbocycles. The highest BCUT2D eigenvalue weighted by Crippen LogP contribution is 2.33. The van der Waals surface area contributed by atoms with Gasteiger partial charge in [-0.25, -0.2) is 0 Å². The number of rotatable bonds is 4. The highest BCUT2D eigenvalue weighted by atomic mass is 79.9. The van der Waals surface area contributed by atoms with Crippen molar-refractivity contribution >= 4 is 27.5 Å². The van der Waals surface area contributed by atoms with Crippen LogP contribution in [0.3, 0.4) is 0 Å². The number of ether oxygens (including phenoxy) is 1. The lowest BCUT2D eigenvalue weighted by Crippen LogP contribution is -2.27. The van der Waals surface area contributed by atoms with E-state index in [2.05, 4.69) is 53.1 Å². The number of hydrogen-bond donors (Lipinski definition) is 1. The predicted octanol–water partition coefficient (Wildman–Crippen LogP) is 4.82. The number of benzene rings is 2. The molecule has 0 atom stereocenters. The molecular weight excluding hydrogens is 392 g/mol. The van der Waals surface area contributed by atoms with Crippen molar-refractivity contribution in [2.24, 2.45) is 0 Å². The van der Waals surface area contributed by atoms with E-state index in [1.807, 2.05) is 24.3 Å². The fourth-order valence-electron chi connectivity index (χ4n) is 3.42. The van der Waals surface area contributed by atoms with E-state index in [-0.39, 0.29) is 5.91 Å². The minimum Gasteiger partial charge on any atom is -0.496 e. The molecule has 138 valence electrons. The van der Waals surface area contributed by atoms with Crippen LogP contribution in [0, 0.1) is 0 Å². The summed E-state index contributed by atoms with van der Waals surface area (Å²) in [5.41, 5.74) is 5.06. The molecule has 0 unspecified atom stereocenters. The molecule has 1 aliphatic heterocycles. The van der Waals surface area contributed by atoms with Gasteiger partial charge in [0.1, 0.15) is 5.75 Å². The zero-order valence-corrected chi connectivity index (χ0v) is 17.3. The van der Waals surface area contributed by atoms with Crippen LogP contribution in [0.4, 0.5) is 5.69 Å². The molecular formula is C21H25BrN2O2. The molecule has 0 aliphatic carbocycles. The lowest BCUT2D eigenvalue weighted by molar-refractivity contribution is 0.102. The molecule has 4 nitrogen and oxygen atoms in total. The van der Waals surface area contributed by atoms with Crippen molar-refractivity contribution in [3.8, 4) is 5.75 Å². The van der Waals surface area contributed by atoms with Crippen LogP contribution in [0.2, 0.25) is 0 Å². The van der Waals surface area contributed by atoms with E-state index >= 15 is 0 Å². The normalized spacial score (nSPS) is 14.2. The Bertz CT molecular complexity index is 833. The first-order valence-electron chi connectivity index (χ1n) is 8.88. The summed E-state index contributed by atoms with van der Waals surface area (Å²) < 4.78 is 6.41. The van der Waals surface area contributed by atoms with Crippen molar-refractivity contribution in [1.82, 2.24) is 4.90 Å². The molecule has 0 fully saturated rings. The average Bonchev–Trinajstić information content (AvgIpc) is 2.61. The topological polar surface area (TPSA) is 41.6 Å². The Hall–Kier alpha value is -1.85. The molecule has 1 N–H and O–H groups in total. The van der Waals surface area contributed by atoms with E-state index in [9.17, 15) is 4.79 Å². The van der Waals surface area contributed by atoms with Gasteiger partial charge >= 0.3 is 0 Å². The molecule has 0 saturated heterocycles. The van der Waals surface area contributed by atoms with E-state index in [0.717, 1.165) is 35.2 Å². The fourth-order valence-corrected chi connectivity index (χ4v) is 4.22. The number of likely N-dealkylation sites (N-methyl/N-ethyl adjacent to an activating group) is 1. The van der Waals surface area contributed by atoms with E-state index in [4.69, 9.17) is 4.74 Å². The number of nitrogens with zero attached hydrogens (tertiary/aromatic N) is 1. The SMILES string of the molecule is COc1cc(C(C)C)c(Br)cc1C(=O)Nc1cccc2c1CCN(C)C2. The average molecular weight is 417 g/mol. The van der Waals surface area contributed by atoms with Crippen molar-refractivity contribution in [3.63, 3.8) is 0 Å². The number of anilines is 1. The summed E-state index contributed by atoms with van der Waals surface area (Å²) in [6.45, 7) is 6.15. The first kappa shape index (κ1) is 18.9. The predicted molar refractivity (Wildman–Crippen MR) is 109 cm³/mol. The maximum Gasteiger partial charge on any atom is 0.259 e. The van der Waals surface area contributed by atoms with Crippen LogP contribution >= 0.6 is 15.9 Å². The van der Waals surface area contributed by atoms with Crippen LogP contribution in [-0.2, 0) is 13.0 Å². The molecule has 2 aromatic rings. The van der Waals surface area contributed by atoms with Crippen LogP contribution in [0.1, 0.15) is 46.8 Å². The van der Waals surface area contributed by atoms with Gasteiger partial charge < -0.3 is 15.0 Å². The standard InChI is InChI=1S/C21H25BrN2O2/c1-13(2)16-11-20(26-4)17(10-18(16)22)21(25)23-19-7-5-6-14-12-24(3)9-8-15(14)19/h5-7,10-11,13H,8-9,12H2,1-4H3,(H,23,25). The second-order valence-corrected chi connectivity index (χ2v) is 7.97. The molecule has 2 aromatic carbocycles. The van der Waals surface area contributed by atoms with Crippen LogP contribution in [-0.4, -0.2) is 31.5 Å². The number of fused-ring (bicyclic) bond motifs is 1. The van der Waals surface area contributed by atoms with Gasteiger partial charge in [-0.05, 0) is 54.3 Å². The molecule has 3 rings (SSSR count). The lowest BCUT2D eigenvalue weighted by Gasteiger charge is -2.27. The summed E-state index contributed by atoms with van der Waals surface area (Å²) in [7, 11) is 3.72. The molecule has 0 spiro atoms. The third-order valence-electron chi connectivity index (χ3n) is 4.89. The number of carbonyl (C=O) groups is 1. The summed E-state index contributed by atoms with van der Waals surface area (Å²) in [6, 6.07) is 9.91. The van der Waals surface area contributed by atoms with Crippen LogP contribution in [0.25, 0.3) is 0 Å². The van der Waals surface area contributed by atoms with E-state index in [1.165, 1.54) is 11.1 Å².